The lowest BCUT2D eigenvalue weighted by Crippen LogP contribution is -2.22. The number of amides is 1. The van der Waals surface area contributed by atoms with Crippen molar-refractivity contribution >= 4 is 40.3 Å². The van der Waals surface area contributed by atoms with Crippen LogP contribution in [0.2, 0.25) is 0 Å². The molecule has 0 aromatic heterocycles. The van der Waals surface area contributed by atoms with Gasteiger partial charge in [0, 0.05) is 19.5 Å². The van der Waals surface area contributed by atoms with Crippen molar-refractivity contribution in [3.8, 4) is 17.2 Å². The lowest BCUT2D eigenvalue weighted by atomic mass is 10.2. The maximum atomic E-state index is 12.0. The van der Waals surface area contributed by atoms with E-state index < -0.39 is 0 Å². The number of ether oxygens (including phenoxy) is 3. The van der Waals surface area contributed by atoms with E-state index in [0.29, 0.717) is 22.4 Å². The number of hydrogen-bond donors (Lipinski definition) is 0. The molecule has 1 fully saturated rings. The van der Waals surface area contributed by atoms with Crippen molar-refractivity contribution in [3.05, 3.63) is 59.0 Å². The number of rotatable bonds is 8. The van der Waals surface area contributed by atoms with E-state index in [1.807, 2.05) is 54.6 Å². The smallest absolute Gasteiger partial charge is 0.265 e. The predicted octanol–water partition coefficient (Wildman–Crippen LogP) is 4.37. The molecule has 0 unspecified atom stereocenters. The normalized spacial score (nSPS) is 15.2. The van der Waals surface area contributed by atoms with Crippen LogP contribution in [0.4, 0.5) is 0 Å². The van der Waals surface area contributed by atoms with Gasteiger partial charge >= 0.3 is 0 Å². The highest BCUT2D eigenvalue weighted by molar-refractivity contribution is 8.26. The quantitative estimate of drug-likeness (QED) is 0.362. The zero-order chi connectivity index (χ0) is 19.9. The third kappa shape index (κ3) is 5.27. The maximum Gasteiger partial charge on any atom is 0.265 e. The standard InChI is InChI=1S/C21H21NO4S2/c1-22-20(23)19(28-21(22)27)13-15-7-9-16(10-8-15)25-11-4-12-26-18-6-3-5-17(14-18)24-2/h3,5-10,13-14H,4,11-12H2,1-2H3/b19-13+. The van der Waals surface area contributed by atoms with Gasteiger partial charge in [0.05, 0.1) is 25.2 Å². The van der Waals surface area contributed by atoms with Crippen LogP contribution in [0.25, 0.3) is 6.08 Å². The van der Waals surface area contributed by atoms with Crippen molar-refractivity contribution in [2.24, 2.45) is 0 Å². The van der Waals surface area contributed by atoms with Gasteiger partial charge in [-0.1, -0.05) is 42.2 Å². The van der Waals surface area contributed by atoms with Crippen LogP contribution in [0.1, 0.15) is 12.0 Å². The Balaban J connectivity index is 1.43. The highest BCUT2D eigenvalue weighted by Crippen LogP contribution is 2.31. The van der Waals surface area contributed by atoms with Crippen molar-refractivity contribution in [2.75, 3.05) is 27.4 Å². The van der Waals surface area contributed by atoms with Crippen LogP contribution in [0, 0.1) is 0 Å². The Morgan fingerprint density at radius 2 is 1.71 bits per heavy atom. The molecule has 1 heterocycles. The van der Waals surface area contributed by atoms with Gasteiger partial charge in [-0.25, -0.2) is 0 Å². The van der Waals surface area contributed by atoms with Crippen molar-refractivity contribution < 1.29 is 19.0 Å². The molecule has 3 rings (SSSR count). The summed E-state index contributed by atoms with van der Waals surface area (Å²) in [4.78, 5) is 14.2. The third-order valence-corrected chi connectivity index (χ3v) is 5.52. The van der Waals surface area contributed by atoms with Gasteiger partial charge in [0.2, 0.25) is 0 Å². The SMILES string of the molecule is COc1cccc(OCCCOc2ccc(/C=C3/SC(=S)N(C)C3=O)cc2)c1. The Hall–Kier alpha value is -2.51. The van der Waals surface area contributed by atoms with Crippen molar-refractivity contribution in [1.82, 2.24) is 4.90 Å². The first-order chi connectivity index (χ1) is 13.6. The molecule has 7 heteroatoms. The third-order valence-electron chi connectivity index (χ3n) is 4.03. The van der Waals surface area contributed by atoms with Gasteiger partial charge in [0.15, 0.2) is 0 Å². The molecule has 0 aliphatic carbocycles. The molecule has 1 amide bonds. The molecule has 0 bridgehead atoms. The van der Waals surface area contributed by atoms with Crippen LogP contribution >= 0.6 is 24.0 Å². The largest absolute Gasteiger partial charge is 0.497 e. The average molecular weight is 416 g/mol. The van der Waals surface area contributed by atoms with Crippen LogP contribution in [-0.2, 0) is 4.79 Å². The molecule has 146 valence electrons. The number of methoxy groups -OCH3 is 1. The van der Waals surface area contributed by atoms with E-state index in [-0.39, 0.29) is 5.91 Å². The molecule has 0 saturated carbocycles. The van der Waals surface area contributed by atoms with E-state index in [2.05, 4.69) is 0 Å². The summed E-state index contributed by atoms with van der Waals surface area (Å²) >= 11 is 6.45. The van der Waals surface area contributed by atoms with Crippen LogP contribution in [0.15, 0.2) is 53.4 Å². The molecule has 28 heavy (non-hydrogen) atoms. The summed E-state index contributed by atoms with van der Waals surface area (Å²) < 4.78 is 17.2. The number of likely N-dealkylation sites (N-methyl/N-ethyl adjacent to an activating group) is 1. The number of carbonyl (C=O) groups is 1. The summed E-state index contributed by atoms with van der Waals surface area (Å²) in [5, 5.41) is 0. The molecular formula is C21H21NO4S2. The Morgan fingerprint density at radius 3 is 2.36 bits per heavy atom. The van der Waals surface area contributed by atoms with Crippen molar-refractivity contribution in [3.63, 3.8) is 0 Å². The zero-order valence-corrected chi connectivity index (χ0v) is 17.3. The summed E-state index contributed by atoms with van der Waals surface area (Å²) in [5.41, 5.74) is 0.933. The van der Waals surface area contributed by atoms with E-state index in [9.17, 15) is 4.79 Å². The fourth-order valence-corrected chi connectivity index (χ4v) is 3.67. The Kier molecular flexibility index (Phi) is 6.95. The zero-order valence-electron chi connectivity index (χ0n) is 15.7. The summed E-state index contributed by atoms with van der Waals surface area (Å²) in [6.45, 7) is 1.11. The minimum absolute atomic E-state index is 0.0636. The monoisotopic (exact) mass is 415 g/mol. The predicted molar refractivity (Wildman–Crippen MR) is 116 cm³/mol. The number of carbonyl (C=O) groups excluding carboxylic acids is 1. The molecule has 1 aliphatic rings. The van der Waals surface area contributed by atoms with Gasteiger partial charge < -0.3 is 14.2 Å². The molecule has 1 aliphatic heterocycles. The molecule has 5 nitrogen and oxygen atoms in total. The number of thiocarbonyl (C=S) groups is 1. The molecule has 1 saturated heterocycles. The van der Waals surface area contributed by atoms with E-state index in [0.717, 1.165) is 29.2 Å². The Morgan fingerprint density at radius 1 is 1.04 bits per heavy atom. The summed E-state index contributed by atoms with van der Waals surface area (Å²) in [6.07, 6.45) is 2.60. The fraction of sp³-hybridized carbons (Fsp3) is 0.238. The second-order valence-electron chi connectivity index (χ2n) is 6.04. The number of thioether (sulfide) groups is 1. The fourth-order valence-electron chi connectivity index (χ4n) is 2.49. The summed E-state index contributed by atoms with van der Waals surface area (Å²) in [5.74, 6) is 2.27. The molecule has 2 aromatic rings. The topological polar surface area (TPSA) is 48.0 Å². The molecular weight excluding hydrogens is 394 g/mol. The highest BCUT2D eigenvalue weighted by Gasteiger charge is 2.28. The molecule has 0 N–H and O–H groups in total. The maximum absolute atomic E-state index is 12.0. The summed E-state index contributed by atoms with van der Waals surface area (Å²) in [6, 6.07) is 15.1. The van der Waals surface area contributed by atoms with Gasteiger partial charge in [-0.3, -0.25) is 9.69 Å². The number of nitrogens with zero attached hydrogens (tertiary/aromatic N) is 1. The second-order valence-corrected chi connectivity index (χ2v) is 7.71. The Labute approximate surface area is 174 Å². The van der Waals surface area contributed by atoms with Crippen molar-refractivity contribution in [2.45, 2.75) is 6.42 Å². The van der Waals surface area contributed by atoms with Gasteiger partial charge in [-0.15, -0.1) is 0 Å². The first kappa shape index (κ1) is 20.2. The molecule has 0 radical (unpaired) electrons. The van der Waals surface area contributed by atoms with Crippen LogP contribution in [0.3, 0.4) is 0 Å². The summed E-state index contributed by atoms with van der Waals surface area (Å²) in [7, 11) is 3.32. The van der Waals surface area contributed by atoms with E-state index in [1.165, 1.54) is 16.7 Å². The molecule has 0 spiro atoms. The Bertz CT molecular complexity index is 880. The number of benzene rings is 2. The second kappa shape index (κ2) is 9.61. The van der Waals surface area contributed by atoms with Gasteiger partial charge in [0.1, 0.15) is 21.6 Å². The molecule has 2 aromatic carbocycles. The first-order valence-corrected chi connectivity index (χ1v) is 10.0. The first-order valence-electron chi connectivity index (χ1n) is 8.78. The average Bonchev–Trinajstić information content (AvgIpc) is 2.95. The minimum atomic E-state index is -0.0636. The van der Waals surface area contributed by atoms with Crippen molar-refractivity contribution in [1.29, 1.82) is 0 Å². The van der Waals surface area contributed by atoms with E-state index in [4.69, 9.17) is 26.4 Å². The van der Waals surface area contributed by atoms with E-state index >= 15 is 0 Å². The molecule has 0 atom stereocenters. The lowest BCUT2D eigenvalue weighted by Gasteiger charge is -2.09. The minimum Gasteiger partial charge on any atom is -0.497 e. The van der Waals surface area contributed by atoms with Gasteiger partial charge in [-0.2, -0.15) is 0 Å². The van der Waals surface area contributed by atoms with Gasteiger partial charge in [0.25, 0.3) is 5.91 Å². The van der Waals surface area contributed by atoms with Crippen LogP contribution in [-0.4, -0.2) is 42.5 Å². The van der Waals surface area contributed by atoms with Crippen LogP contribution < -0.4 is 14.2 Å². The number of hydrogen-bond acceptors (Lipinski definition) is 6. The highest BCUT2D eigenvalue weighted by atomic mass is 32.2. The van der Waals surface area contributed by atoms with Crippen LogP contribution in [0.5, 0.6) is 17.2 Å². The lowest BCUT2D eigenvalue weighted by molar-refractivity contribution is -0.121. The van der Waals surface area contributed by atoms with E-state index in [1.54, 1.807) is 14.2 Å². The van der Waals surface area contributed by atoms with Gasteiger partial charge in [-0.05, 0) is 35.9 Å².